The summed E-state index contributed by atoms with van der Waals surface area (Å²) < 4.78 is 1.26. The molecule has 1 N–H and O–H groups in total. The van der Waals surface area contributed by atoms with E-state index in [9.17, 15) is 4.79 Å². The van der Waals surface area contributed by atoms with E-state index in [1.54, 1.807) is 24.3 Å². The van der Waals surface area contributed by atoms with Crippen LogP contribution in [0.3, 0.4) is 0 Å². The largest absolute Gasteiger partial charge is 3.00 e. The van der Waals surface area contributed by atoms with Crippen molar-refractivity contribution in [3.63, 3.8) is 0 Å². The van der Waals surface area contributed by atoms with Crippen molar-refractivity contribution in [2.24, 2.45) is 0 Å². The average molecular weight is 412 g/mol. The molecule has 0 radical (unpaired) electrons. The minimum absolute atomic E-state index is 0. The van der Waals surface area contributed by atoms with Crippen LogP contribution in [0.25, 0.3) is 5.73 Å². The maximum Gasteiger partial charge on any atom is 3.00 e. The Kier molecular flexibility index (Phi) is 9.59. The Balaban J connectivity index is 0.000000292. The molecule has 0 spiro atoms. The van der Waals surface area contributed by atoms with Crippen LogP contribution in [0.2, 0.25) is 0 Å². The normalized spacial score (nSPS) is 8.29. The van der Waals surface area contributed by atoms with Crippen molar-refractivity contribution in [3.05, 3.63) is 75.5 Å². The molecule has 2 aromatic carbocycles. The van der Waals surface area contributed by atoms with Gasteiger partial charge in [-0.2, -0.15) is 30.3 Å². The Morgan fingerprint density at radius 3 is 1.88 bits per heavy atom. The van der Waals surface area contributed by atoms with E-state index in [0.29, 0.717) is 5.56 Å². The quantitative estimate of drug-likeness (QED) is 0.517. The first-order valence-electron chi connectivity index (χ1n) is 4.63. The van der Waals surface area contributed by atoms with Gasteiger partial charge in [-0.15, -0.1) is 0 Å². The molecule has 0 bridgehead atoms. The third-order valence-corrected chi connectivity index (χ3v) is 2.43. The Bertz CT molecular complexity index is 434. The summed E-state index contributed by atoms with van der Waals surface area (Å²) in [5.74, 6) is -0.629. The number of amides is 1. The number of carbonyl (C=O) groups is 1. The summed E-state index contributed by atoms with van der Waals surface area (Å²) >= 11 is 2.26. The maximum absolute atomic E-state index is 10.3. The van der Waals surface area contributed by atoms with E-state index in [4.69, 9.17) is 5.73 Å². The van der Waals surface area contributed by atoms with Gasteiger partial charge >= 0.3 is 32.7 Å². The fourth-order valence-electron chi connectivity index (χ4n) is 0.956. The van der Waals surface area contributed by atoms with Gasteiger partial charge in [0.15, 0.2) is 0 Å². The second kappa shape index (κ2) is 9.74. The molecule has 0 heterocycles. The van der Waals surface area contributed by atoms with Gasteiger partial charge in [0.1, 0.15) is 0 Å². The van der Waals surface area contributed by atoms with Gasteiger partial charge in [0.2, 0.25) is 0 Å². The van der Waals surface area contributed by atoms with Crippen LogP contribution in [0.1, 0.15) is 10.4 Å². The van der Waals surface area contributed by atoms with Crippen molar-refractivity contribution in [3.8, 4) is 0 Å². The molecule has 0 aliphatic heterocycles. The van der Waals surface area contributed by atoms with Gasteiger partial charge in [0, 0.05) is 0 Å². The van der Waals surface area contributed by atoms with Crippen LogP contribution >= 0.6 is 22.6 Å². The molecule has 0 unspecified atom stereocenters. The Morgan fingerprint density at radius 1 is 1.06 bits per heavy atom. The molecule has 0 aromatic heterocycles. The number of nitrogens with one attached hydrogen (secondary N) is 1. The number of hydrogen-bond donors (Lipinski definition) is 0. The van der Waals surface area contributed by atoms with Gasteiger partial charge in [-0.25, -0.2) is 0 Å². The molecule has 0 saturated heterocycles. The van der Waals surface area contributed by atoms with E-state index in [2.05, 4.69) is 28.7 Å². The maximum atomic E-state index is 10.3. The van der Waals surface area contributed by atoms with Gasteiger partial charge in [0.25, 0.3) is 0 Å². The second-order valence-corrected chi connectivity index (χ2v) is 4.16. The van der Waals surface area contributed by atoms with Crippen molar-refractivity contribution in [1.29, 1.82) is 0 Å². The van der Waals surface area contributed by atoms with Gasteiger partial charge in [-0.3, -0.25) is 0 Å². The summed E-state index contributed by atoms with van der Waals surface area (Å²) in [6.45, 7) is 0. The van der Waals surface area contributed by atoms with Gasteiger partial charge in [-0.05, 0) is 5.56 Å². The predicted octanol–water partition coefficient (Wildman–Crippen LogP) is 3.97. The SMILES string of the molecule is Ic1cc[c-]cc1.[NH-]C(=O)c1ccccc1.[Y+3]. The molecule has 17 heavy (non-hydrogen) atoms. The second-order valence-electron chi connectivity index (χ2n) is 2.91. The van der Waals surface area contributed by atoms with E-state index >= 15 is 0 Å². The van der Waals surface area contributed by atoms with Crippen molar-refractivity contribution in [2.45, 2.75) is 0 Å². The molecular weight excluding hydrogens is 402 g/mol. The van der Waals surface area contributed by atoms with Gasteiger partial charge < -0.3 is 10.5 Å². The summed E-state index contributed by atoms with van der Waals surface area (Å²) in [6, 6.07) is 19.3. The third kappa shape index (κ3) is 7.63. The predicted molar refractivity (Wildman–Crippen MR) is 73.1 cm³/mol. The molecule has 1 amide bonds. The van der Waals surface area contributed by atoms with E-state index in [0.717, 1.165) is 0 Å². The van der Waals surface area contributed by atoms with Crippen LogP contribution in [0.5, 0.6) is 0 Å². The first kappa shape index (κ1) is 16.7. The molecule has 4 heteroatoms. The first-order valence-corrected chi connectivity index (χ1v) is 5.70. The molecule has 2 nitrogen and oxygen atoms in total. The summed E-state index contributed by atoms with van der Waals surface area (Å²) in [4.78, 5) is 10.3. The van der Waals surface area contributed by atoms with E-state index in [1.165, 1.54) is 3.57 Å². The van der Waals surface area contributed by atoms with Crippen LogP contribution in [0.15, 0.2) is 54.6 Å². The Hall–Kier alpha value is -0.256. The molecule has 0 aliphatic carbocycles. The summed E-state index contributed by atoms with van der Waals surface area (Å²) in [6.07, 6.45) is 0. The summed E-state index contributed by atoms with van der Waals surface area (Å²) in [7, 11) is 0. The standard InChI is InChI=1S/C7H7NO.C6H4I.Y/c8-7(9)6-4-2-1-3-5-6;7-6-4-2-1-3-5-6;/h1-5H,(H2,8,9);2-5H;/q;-1;+3/p-1. The van der Waals surface area contributed by atoms with E-state index < -0.39 is 5.91 Å². The summed E-state index contributed by atoms with van der Waals surface area (Å²) in [5.41, 5.74) is 7.12. The Morgan fingerprint density at radius 2 is 1.59 bits per heavy atom. The van der Waals surface area contributed by atoms with Gasteiger partial charge in [0.05, 0.1) is 5.91 Å². The molecule has 0 atom stereocenters. The van der Waals surface area contributed by atoms with Crippen LogP contribution < -0.4 is 0 Å². The first-order chi connectivity index (χ1) is 7.70. The molecule has 2 aromatic rings. The van der Waals surface area contributed by atoms with Crippen molar-refractivity contribution in [2.75, 3.05) is 0 Å². The zero-order valence-corrected chi connectivity index (χ0v) is 14.1. The number of carbonyl (C=O) groups excluding carboxylic acids is 1. The average Bonchev–Trinajstić information content (AvgIpc) is 2.32. The minimum atomic E-state index is -0.629. The molecule has 0 saturated carbocycles. The van der Waals surface area contributed by atoms with Crippen LogP contribution in [0, 0.1) is 9.64 Å². The minimum Gasteiger partial charge on any atom is -0.664 e. The van der Waals surface area contributed by atoms with Crippen LogP contribution in [-0.4, -0.2) is 5.91 Å². The molecular formula is C13H10INOY+. The third-order valence-electron chi connectivity index (χ3n) is 1.71. The molecule has 0 aliphatic rings. The fraction of sp³-hybridized carbons (Fsp3) is 0. The topological polar surface area (TPSA) is 40.9 Å². The number of halogens is 1. The van der Waals surface area contributed by atoms with Crippen molar-refractivity contribution >= 4 is 28.5 Å². The van der Waals surface area contributed by atoms with Gasteiger partial charge in [-0.1, -0.05) is 56.5 Å². The zero-order chi connectivity index (χ0) is 11.8. The molecule has 82 valence electrons. The van der Waals surface area contributed by atoms with Crippen molar-refractivity contribution < 1.29 is 37.5 Å². The van der Waals surface area contributed by atoms with E-state index in [-0.39, 0.29) is 32.7 Å². The smallest absolute Gasteiger partial charge is 0.664 e. The van der Waals surface area contributed by atoms with E-state index in [1.807, 2.05) is 30.3 Å². The molecule has 2 rings (SSSR count). The van der Waals surface area contributed by atoms with Crippen LogP contribution in [-0.2, 0) is 32.7 Å². The number of rotatable bonds is 1. The molecule has 0 fully saturated rings. The Labute approximate surface area is 140 Å². The fourth-order valence-corrected chi connectivity index (χ4v) is 1.32. The summed E-state index contributed by atoms with van der Waals surface area (Å²) in [5, 5.41) is 0. The van der Waals surface area contributed by atoms with Crippen molar-refractivity contribution in [1.82, 2.24) is 0 Å². The monoisotopic (exact) mass is 412 g/mol. The number of hydrogen-bond acceptors (Lipinski definition) is 1. The zero-order valence-electron chi connectivity index (χ0n) is 9.06. The number of benzene rings is 2. The van der Waals surface area contributed by atoms with Crippen LogP contribution in [0.4, 0.5) is 0 Å².